The smallest absolute Gasteiger partial charge is 0.330 e. The van der Waals surface area contributed by atoms with Crippen LogP contribution in [0, 0.1) is 5.92 Å². The number of esters is 1. The summed E-state index contributed by atoms with van der Waals surface area (Å²) in [7, 11) is 2.83. The maximum absolute atomic E-state index is 12.4. The Kier molecular flexibility index (Phi) is 5.11. The molecule has 7 nitrogen and oxygen atoms in total. The standard InChI is InChI=1S/C17H22N2O5/c1-17(2,16(22)24-4)18-15(21)11-9-14(20)19(10-11)12-5-7-13(23-3)8-6-12/h5-8,11H,9-10H2,1-4H3,(H,18,21)/t11-/m0/s1. The zero-order valence-corrected chi connectivity index (χ0v) is 14.3. The van der Waals surface area contributed by atoms with Gasteiger partial charge in [0.2, 0.25) is 11.8 Å². The predicted molar refractivity (Wildman–Crippen MR) is 87.7 cm³/mol. The van der Waals surface area contributed by atoms with Crippen LogP contribution in [0.3, 0.4) is 0 Å². The fraction of sp³-hybridized carbons (Fsp3) is 0.471. The fourth-order valence-electron chi connectivity index (χ4n) is 2.61. The maximum atomic E-state index is 12.4. The van der Waals surface area contributed by atoms with Gasteiger partial charge in [0.15, 0.2) is 0 Å². The molecule has 1 N–H and O–H groups in total. The maximum Gasteiger partial charge on any atom is 0.330 e. The first kappa shape index (κ1) is 17.8. The second kappa shape index (κ2) is 6.90. The zero-order chi connectivity index (χ0) is 17.9. The molecule has 2 rings (SSSR count). The van der Waals surface area contributed by atoms with E-state index in [0.717, 1.165) is 0 Å². The van der Waals surface area contributed by atoms with Gasteiger partial charge in [0, 0.05) is 18.7 Å². The molecule has 24 heavy (non-hydrogen) atoms. The normalized spacial score (nSPS) is 17.6. The lowest BCUT2D eigenvalue weighted by atomic mass is 10.0. The molecule has 0 bridgehead atoms. The first-order valence-electron chi connectivity index (χ1n) is 7.63. The summed E-state index contributed by atoms with van der Waals surface area (Å²) >= 11 is 0. The molecule has 1 saturated heterocycles. The van der Waals surface area contributed by atoms with Crippen LogP contribution in [0.15, 0.2) is 24.3 Å². The van der Waals surface area contributed by atoms with Gasteiger partial charge in [-0.15, -0.1) is 0 Å². The number of amides is 2. The van der Waals surface area contributed by atoms with E-state index in [0.29, 0.717) is 11.4 Å². The number of anilines is 1. The average molecular weight is 334 g/mol. The number of carbonyl (C=O) groups excluding carboxylic acids is 3. The molecule has 7 heteroatoms. The van der Waals surface area contributed by atoms with E-state index in [9.17, 15) is 14.4 Å². The number of nitrogens with zero attached hydrogens (tertiary/aromatic N) is 1. The molecule has 1 aromatic carbocycles. The third-order valence-corrected chi connectivity index (χ3v) is 4.01. The number of methoxy groups -OCH3 is 2. The summed E-state index contributed by atoms with van der Waals surface area (Å²) in [6.07, 6.45) is 0.106. The van der Waals surface area contributed by atoms with Crippen LogP contribution in [0.4, 0.5) is 5.69 Å². The van der Waals surface area contributed by atoms with E-state index in [1.165, 1.54) is 7.11 Å². The number of ether oxygens (including phenoxy) is 2. The van der Waals surface area contributed by atoms with E-state index in [1.54, 1.807) is 50.1 Å². The van der Waals surface area contributed by atoms with Gasteiger partial charge < -0.3 is 19.7 Å². The second-order valence-electron chi connectivity index (χ2n) is 6.21. The highest BCUT2D eigenvalue weighted by Gasteiger charge is 2.39. The van der Waals surface area contributed by atoms with E-state index in [2.05, 4.69) is 10.1 Å². The quantitative estimate of drug-likeness (QED) is 0.816. The Morgan fingerprint density at radius 1 is 1.21 bits per heavy atom. The van der Waals surface area contributed by atoms with Crippen molar-refractivity contribution in [3.8, 4) is 5.75 Å². The van der Waals surface area contributed by atoms with Crippen LogP contribution in [0.25, 0.3) is 0 Å². The predicted octanol–water partition coefficient (Wildman–Crippen LogP) is 1.12. The topological polar surface area (TPSA) is 84.9 Å². The lowest BCUT2D eigenvalue weighted by Gasteiger charge is -2.25. The lowest BCUT2D eigenvalue weighted by Crippen LogP contribution is -2.52. The minimum absolute atomic E-state index is 0.106. The molecular weight excluding hydrogens is 312 g/mol. The van der Waals surface area contributed by atoms with Gasteiger partial charge in [-0.25, -0.2) is 4.79 Å². The highest BCUT2D eigenvalue weighted by molar-refractivity contribution is 6.01. The van der Waals surface area contributed by atoms with Gasteiger partial charge in [-0.2, -0.15) is 0 Å². The number of nitrogens with one attached hydrogen (secondary N) is 1. The van der Waals surface area contributed by atoms with Gasteiger partial charge in [0.05, 0.1) is 20.1 Å². The SMILES string of the molecule is COC(=O)C(C)(C)NC(=O)[C@H]1CC(=O)N(c2ccc(OC)cc2)C1. The molecule has 0 radical (unpaired) electrons. The van der Waals surface area contributed by atoms with Gasteiger partial charge in [-0.3, -0.25) is 9.59 Å². The Bertz CT molecular complexity index is 639. The molecule has 0 aromatic heterocycles. The summed E-state index contributed by atoms with van der Waals surface area (Å²) in [5.41, 5.74) is -0.425. The van der Waals surface area contributed by atoms with Gasteiger partial charge in [-0.05, 0) is 38.1 Å². The van der Waals surface area contributed by atoms with Crippen molar-refractivity contribution in [1.29, 1.82) is 0 Å². The molecular formula is C17H22N2O5. The molecule has 130 valence electrons. The average Bonchev–Trinajstić information content (AvgIpc) is 2.95. The highest BCUT2D eigenvalue weighted by Crippen LogP contribution is 2.27. The third kappa shape index (κ3) is 3.67. The van der Waals surface area contributed by atoms with Crippen molar-refractivity contribution in [2.45, 2.75) is 25.8 Å². The van der Waals surface area contributed by atoms with Crippen molar-refractivity contribution in [3.05, 3.63) is 24.3 Å². The number of rotatable bonds is 5. The van der Waals surface area contributed by atoms with Crippen molar-refractivity contribution in [3.63, 3.8) is 0 Å². The van der Waals surface area contributed by atoms with E-state index in [-0.39, 0.29) is 24.8 Å². The molecule has 1 aliphatic heterocycles. The monoisotopic (exact) mass is 334 g/mol. The minimum atomic E-state index is -1.14. The summed E-state index contributed by atoms with van der Waals surface area (Å²) in [6, 6.07) is 7.07. The van der Waals surface area contributed by atoms with E-state index in [1.807, 2.05) is 0 Å². The first-order chi connectivity index (χ1) is 11.3. The molecule has 1 aromatic rings. The second-order valence-corrected chi connectivity index (χ2v) is 6.21. The Morgan fingerprint density at radius 3 is 2.38 bits per heavy atom. The molecule has 1 heterocycles. The minimum Gasteiger partial charge on any atom is -0.497 e. The van der Waals surface area contributed by atoms with Crippen molar-refractivity contribution in [1.82, 2.24) is 5.32 Å². The van der Waals surface area contributed by atoms with Crippen LogP contribution in [0.1, 0.15) is 20.3 Å². The zero-order valence-electron chi connectivity index (χ0n) is 14.3. The highest BCUT2D eigenvalue weighted by atomic mass is 16.5. The van der Waals surface area contributed by atoms with Crippen LogP contribution < -0.4 is 15.0 Å². The molecule has 2 amide bonds. The van der Waals surface area contributed by atoms with E-state index >= 15 is 0 Å². The summed E-state index contributed by atoms with van der Waals surface area (Å²) in [5, 5.41) is 2.65. The Hall–Kier alpha value is -2.57. The molecule has 1 aliphatic rings. The summed E-state index contributed by atoms with van der Waals surface area (Å²) in [4.78, 5) is 37.8. The molecule has 1 fully saturated rings. The van der Waals surface area contributed by atoms with Crippen molar-refractivity contribution < 1.29 is 23.9 Å². The Morgan fingerprint density at radius 2 is 1.83 bits per heavy atom. The third-order valence-electron chi connectivity index (χ3n) is 4.01. The number of benzene rings is 1. The fourth-order valence-corrected chi connectivity index (χ4v) is 2.61. The largest absolute Gasteiger partial charge is 0.497 e. The van der Waals surface area contributed by atoms with Gasteiger partial charge in [0.25, 0.3) is 0 Å². The molecule has 0 unspecified atom stereocenters. The molecule has 0 saturated carbocycles. The molecule has 1 atom stereocenters. The van der Waals surface area contributed by atoms with Crippen LogP contribution >= 0.6 is 0 Å². The first-order valence-corrected chi connectivity index (χ1v) is 7.63. The summed E-state index contributed by atoms with van der Waals surface area (Å²) in [5.74, 6) is -0.818. The van der Waals surface area contributed by atoms with Crippen molar-refractivity contribution in [2.24, 2.45) is 5.92 Å². The molecule has 0 aliphatic carbocycles. The van der Waals surface area contributed by atoms with Crippen LogP contribution in [-0.2, 0) is 19.1 Å². The van der Waals surface area contributed by atoms with Crippen LogP contribution in [-0.4, -0.2) is 44.1 Å². The van der Waals surface area contributed by atoms with Crippen molar-refractivity contribution >= 4 is 23.5 Å². The van der Waals surface area contributed by atoms with Gasteiger partial charge in [-0.1, -0.05) is 0 Å². The van der Waals surface area contributed by atoms with Gasteiger partial charge >= 0.3 is 5.97 Å². The van der Waals surface area contributed by atoms with E-state index < -0.39 is 17.4 Å². The Balaban J connectivity index is 2.05. The van der Waals surface area contributed by atoms with Crippen LogP contribution in [0.2, 0.25) is 0 Å². The van der Waals surface area contributed by atoms with Crippen LogP contribution in [0.5, 0.6) is 5.75 Å². The number of hydrogen-bond acceptors (Lipinski definition) is 5. The van der Waals surface area contributed by atoms with E-state index in [4.69, 9.17) is 4.74 Å². The number of carbonyl (C=O) groups is 3. The summed E-state index contributed by atoms with van der Waals surface area (Å²) < 4.78 is 9.76. The number of hydrogen-bond donors (Lipinski definition) is 1. The molecule has 0 spiro atoms. The summed E-state index contributed by atoms with van der Waals surface area (Å²) in [6.45, 7) is 3.40. The Labute approximate surface area is 140 Å². The van der Waals surface area contributed by atoms with Crippen molar-refractivity contribution in [2.75, 3.05) is 25.7 Å². The lowest BCUT2D eigenvalue weighted by molar-refractivity contribution is -0.149. The van der Waals surface area contributed by atoms with Gasteiger partial charge in [0.1, 0.15) is 11.3 Å².